The zero-order valence-electron chi connectivity index (χ0n) is 19.0. The minimum atomic E-state index is -0.338. The second kappa shape index (κ2) is 11.0. The van der Waals surface area contributed by atoms with Crippen LogP contribution in [0.15, 0.2) is 84.9 Å². The van der Waals surface area contributed by atoms with Gasteiger partial charge in [-0.2, -0.15) is 5.26 Å². The molecule has 0 saturated carbocycles. The number of benzene rings is 4. The summed E-state index contributed by atoms with van der Waals surface area (Å²) < 4.78 is 31.8. The first-order valence-electron chi connectivity index (χ1n) is 10.9. The fourth-order valence-corrected chi connectivity index (χ4v) is 3.71. The summed E-state index contributed by atoms with van der Waals surface area (Å²) in [5, 5.41) is 9.07. The van der Waals surface area contributed by atoms with Crippen LogP contribution in [0.5, 0.6) is 17.2 Å². The average molecular weight is 467 g/mol. The summed E-state index contributed by atoms with van der Waals surface area (Å²) in [7, 11) is 1.54. The molecule has 5 nitrogen and oxygen atoms in total. The first-order chi connectivity index (χ1) is 17.1. The van der Waals surface area contributed by atoms with Gasteiger partial charge in [0.25, 0.3) is 0 Å². The van der Waals surface area contributed by atoms with E-state index in [2.05, 4.69) is 6.07 Å². The van der Waals surface area contributed by atoms with Crippen LogP contribution in [0.2, 0.25) is 0 Å². The van der Waals surface area contributed by atoms with Gasteiger partial charge in [0, 0.05) is 22.8 Å². The van der Waals surface area contributed by atoms with Gasteiger partial charge in [-0.05, 0) is 35.9 Å². The molecule has 6 heteroatoms. The van der Waals surface area contributed by atoms with E-state index in [4.69, 9.17) is 19.5 Å². The number of para-hydroxylation sites is 1. The maximum Gasteiger partial charge on any atom is 0.153 e. The van der Waals surface area contributed by atoms with Crippen LogP contribution in [-0.4, -0.2) is 13.4 Å². The van der Waals surface area contributed by atoms with E-state index in [1.165, 1.54) is 13.2 Å². The number of methoxy groups -OCH3 is 1. The van der Waals surface area contributed by atoms with E-state index < -0.39 is 0 Å². The van der Waals surface area contributed by atoms with Crippen molar-refractivity contribution < 1.29 is 23.4 Å². The minimum Gasteiger partial charge on any atom is -0.496 e. The summed E-state index contributed by atoms with van der Waals surface area (Å²) in [6.07, 6.45) is 0.714. The maximum atomic E-state index is 14.4. The monoisotopic (exact) mass is 467 g/mol. The molecule has 0 aromatic heterocycles. The molecule has 0 spiro atoms. The van der Waals surface area contributed by atoms with Crippen molar-refractivity contribution in [2.24, 2.45) is 0 Å². The Balaban J connectivity index is 1.53. The van der Waals surface area contributed by atoms with E-state index in [0.29, 0.717) is 45.8 Å². The Morgan fingerprint density at radius 3 is 2.46 bits per heavy atom. The predicted molar refractivity (Wildman–Crippen MR) is 130 cm³/mol. The smallest absolute Gasteiger partial charge is 0.153 e. The Labute approximate surface area is 202 Å². The summed E-state index contributed by atoms with van der Waals surface area (Å²) in [5.74, 6) is 1.05. The highest BCUT2D eigenvalue weighted by Gasteiger charge is 2.15. The van der Waals surface area contributed by atoms with Crippen molar-refractivity contribution >= 4 is 6.29 Å². The van der Waals surface area contributed by atoms with Gasteiger partial charge in [-0.3, -0.25) is 4.79 Å². The summed E-state index contributed by atoms with van der Waals surface area (Å²) >= 11 is 0. The van der Waals surface area contributed by atoms with Crippen LogP contribution >= 0.6 is 0 Å². The largest absolute Gasteiger partial charge is 0.496 e. The number of hydrogen-bond acceptors (Lipinski definition) is 5. The highest BCUT2D eigenvalue weighted by molar-refractivity contribution is 5.79. The summed E-state index contributed by atoms with van der Waals surface area (Å²) in [5.41, 5.74) is 3.54. The van der Waals surface area contributed by atoms with Gasteiger partial charge in [0.1, 0.15) is 36.3 Å². The number of carbonyl (C=O) groups excluding carboxylic acids is 1. The number of rotatable bonds is 9. The molecule has 0 bridgehead atoms. The molecule has 0 atom stereocenters. The number of nitriles is 1. The molecule has 0 saturated heterocycles. The molecule has 0 amide bonds. The zero-order valence-corrected chi connectivity index (χ0v) is 19.0. The summed E-state index contributed by atoms with van der Waals surface area (Å²) in [6, 6.07) is 26.1. The number of carbonyl (C=O) groups is 1. The van der Waals surface area contributed by atoms with Crippen molar-refractivity contribution in [3.8, 4) is 34.4 Å². The molecule has 0 aliphatic carbocycles. The van der Waals surface area contributed by atoms with Crippen molar-refractivity contribution in [1.82, 2.24) is 0 Å². The lowest BCUT2D eigenvalue weighted by Crippen LogP contribution is -2.02. The SMILES string of the molecule is COc1c(COc2ccc(C=O)c(OCc3cccc(C#N)c3)c2)cccc1-c1ccccc1F. The Morgan fingerprint density at radius 1 is 0.886 bits per heavy atom. The van der Waals surface area contributed by atoms with Crippen LogP contribution in [0.3, 0.4) is 0 Å². The van der Waals surface area contributed by atoms with Crippen LogP contribution in [0.4, 0.5) is 4.39 Å². The molecule has 174 valence electrons. The number of halogens is 1. The maximum absolute atomic E-state index is 14.4. The molecule has 35 heavy (non-hydrogen) atoms. The lowest BCUT2D eigenvalue weighted by molar-refractivity contribution is 0.111. The fourth-order valence-electron chi connectivity index (χ4n) is 3.71. The average Bonchev–Trinajstić information content (AvgIpc) is 2.91. The molecule has 0 aliphatic rings. The van der Waals surface area contributed by atoms with Gasteiger partial charge in [0.15, 0.2) is 6.29 Å². The van der Waals surface area contributed by atoms with Gasteiger partial charge in [-0.1, -0.05) is 48.5 Å². The molecular weight excluding hydrogens is 445 g/mol. The van der Waals surface area contributed by atoms with Crippen LogP contribution < -0.4 is 14.2 Å². The topological polar surface area (TPSA) is 68.6 Å². The van der Waals surface area contributed by atoms with Crippen LogP contribution in [0.1, 0.15) is 27.0 Å². The van der Waals surface area contributed by atoms with Crippen molar-refractivity contribution in [3.63, 3.8) is 0 Å². The molecular formula is C29H22FNO4. The molecule has 0 aliphatic heterocycles. The third kappa shape index (κ3) is 5.48. The number of aldehydes is 1. The molecule has 4 rings (SSSR count). The fraction of sp³-hybridized carbons (Fsp3) is 0.103. The molecule has 0 fully saturated rings. The van der Waals surface area contributed by atoms with Crippen molar-refractivity contribution in [2.75, 3.05) is 7.11 Å². The third-order valence-corrected chi connectivity index (χ3v) is 5.42. The highest BCUT2D eigenvalue weighted by Crippen LogP contribution is 2.35. The Morgan fingerprint density at radius 2 is 1.69 bits per heavy atom. The van der Waals surface area contributed by atoms with E-state index in [1.54, 1.807) is 60.7 Å². The van der Waals surface area contributed by atoms with Gasteiger partial charge in [0.2, 0.25) is 0 Å². The summed E-state index contributed by atoms with van der Waals surface area (Å²) in [6.45, 7) is 0.355. The quantitative estimate of drug-likeness (QED) is 0.269. The predicted octanol–water partition coefficient (Wildman–Crippen LogP) is 6.34. The number of ether oxygens (including phenoxy) is 3. The minimum absolute atomic E-state index is 0.162. The molecule has 0 radical (unpaired) electrons. The van der Waals surface area contributed by atoms with Gasteiger partial charge in [0.05, 0.1) is 24.3 Å². The lowest BCUT2D eigenvalue weighted by Gasteiger charge is -2.16. The van der Waals surface area contributed by atoms with E-state index in [1.807, 2.05) is 18.2 Å². The normalized spacial score (nSPS) is 10.3. The molecule has 0 unspecified atom stereocenters. The Kier molecular flexibility index (Phi) is 7.39. The standard InChI is InChI=1S/C29H22FNO4/c1-33-29-23(8-5-10-26(29)25-9-2-3-11-27(25)30)19-34-24-13-12-22(17-32)28(15-24)35-18-21-7-4-6-20(14-21)16-31/h2-15,17H,18-19H2,1H3. The Hall–Kier alpha value is -4.63. The third-order valence-electron chi connectivity index (χ3n) is 5.42. The van der Waals surface area contributed by atoms with Gasteiger partial charge < -0.3 is 14.2 Å². The number of hydrogen-bond donors (Lipinski definition) is 0. The zero-order chi connectivity index (χ0) is 24.6. The van der Waals surface area contributed by atoms with E-state index in [0.717, 1.165) is 11.1 Å². The second-order valence-corrected chi connectivity index (χ2v) is 7.68. The van der Waals surface area contributed by atoms with E-state index in [9.17, 15) is 9.18 Å². The van der Waals surface area contributed by atoms with Crippen LogP contribution in [0, 0.1) is 17.1 Å². The van der Waals surface area contributed by atoms with Gasteiger partial charge >= 0.3 is 0 Å². The van der Waals surface area contributed by atoms with Crippen molar-refractivity contribution in [2.45, 2.75) is 13.2 Å². The van der Waals surface area contributed by atoms with Gasteiger partial charge in [-0.25, -0.2) is 4.39 Å². The molecule has 4 aromatic carbocycles. The first kappa shape index (κ1) is 23.5. The van der Waals surface area contributed by atoms with Crippen molar-refractivity contribution in [3.05, 3.63) is 113 Å². The van der Waals surface area contributed by atoms with Crippen LogP contribution in [-0.2, 0) is 13.2 Å². The Bertz CT molecular complexity index is 1390. The van der Waals surface area contributed by atoms with Gasteiger partial charge in [-0.15, -0.1) is 0 Å². The van der Waals surface area contributed by atoms with Crippen LogP contribution in [0.25, 0.3) is 11.1 Å². The van der Waals surface area contributed by atoms with E-state index >= 15 is 0 Å². The lowest BCUT2D eigenvalue weighted by atomic mass is 10.0. The van der Waals surface area contributed by atoms with Crippen molar-refractivity contribution in [1.29, 1.82) is 5.26 Å². The summed E-state index contributed by atoms with van der Waals surface area (Å²) in [4.78, 5) is 11.5. The second-order valence-electron chi connectivity index (χ2n) is 7.68. The molecule has 0 heterocycles. The molecule has 4 aromatic rings. The number of nitrogens with zero attached hydrogens (tertiary/aromatic N) is 1. The molecule has 0 N–H and O–H groups in total. The first-order valence-corrected chi connectivity index (χ1v) is 10.9. The van der Waals surface area contributed by atoms with E-state index in [-0.39, 0.29) is 19.0 Å². The highest BCUT2D eigenvalue weighted by atomic mass is 19.1.